The maximum Gasteiger partial charge on any atom is 0.271 e. The summed E-state index contributed by atoms with van der Waals surface area (Å²) in [7, 11) is 4.08. The summed E-state index contributed by atoms with van der Waals surface area (Å²) in [6.45, 7) is 4.77. The van der Waals surface area contributed by atoms with Gasteiger partial charge in [-0.1, -0.05) is 0 Å². The summed E-state index contributed by atoms with van der Waals surface area (Å²) >= 11 is 0. The SMILES string of the molecule is CCN(CCCN(C)C)c1ccc([N+](=O)[O-])cc1N. The summed E-state index contributed by atoms with van der Waals surface area (Å²) in [6, 6.07) is 4.65. The van der Waals surface area contributed by atoms with Gasteiger partial charge < -0.3 is 15.5 Å². The Labute approximate surface area is 113 Å². The molecule has 0 heterocycles. The minimum absolute atomic E-state index is 0.0330. The van der Waals surface area contributed by atoms with Gasteiger partial charge in [0.25, 0.3) is 5.69 Å². The molecule has 0 amide bonds. The Balaban J connectivity index is 2.78. The molecule has 0 bridgehead atoms. The smallest absolute Gasteiger partial charge is 0.271 e. The number of nitro benzene ring substituents is 1. The number of non-ortho nitro benzene ring substituents is 1. The van der Waals surface area contributed by atoms with Crippen LogP contribution in [0, 0.1) is 10.1 Å². The third kappa shape index (κ3) is 4.40. The average molecular weight is 266 g/mol. The first-order valence-corrected chi connectivity index (χ1v) is 6.39. The number of benzene rings is 1. The zero-order chi connectivity index (χ0) is 14.4. The van der Waals surface area contributed by atoms with E-state index in [1.54, 1.807) is 6.07 Å². The molecule has 0 aromatic heterocycles. The van der Waals surface area contributed by atoms with Gasteiger partial charge in [-0.25, -0.2) is 0 Å². The molecule has 6 nitrogen and oxygen atoms in total. The predicted octanol–water partition coefficient (Wildman–Crippen LogP) is 1.95. The Morgan fingerprint density at radius 2 is 2.00 bits per heavy atom. The van der Waals surface area contributed by atoms with Crippen LogP contribution in [0.1, 0.15) is 13.3 Å². The molecule has 0 saturated carbocycles. The van der Waals surface area contributed by atoms with Crippen LogP contribution < -0.4 is 10.6 Å². The van der Waals surface area contributed by atoms with Crippen molar-refractivity contribution in [1.29, 1.82) is 0 Å². The molecule has 0 atom stereocenters. The molecule has 106 valence electrons. The van der Waals surface area contributed by atoms with Crippen molar-refractivity contribution in [2.45, 2.75) is 13.3 Å². The number of hydrogen-bond acceptors (Lipinski definition) is 5. The summed E-state index contributed by atoms with van der Waals surface area (Å²) in [5.41, 5.74) is 7.27. The molecule has 19 heavy (non-hydrogen) atoms. The third-order valence-corrected chi connectivity index (χ3v) is 2.98. The van der Waals surface area contributed by atoms with Crippen molar-refractivity contribution in [3.8, 4) is 0 Å². The molecule has 0 aliphatic heterocycles. The second-order valence-corrected chi connectivity index (χ2v) is 4.74. The van der Waals surface area contributed by atoms with Crippen molar-refractivity contribution in [3.05, 3.63) is 28.3 Å². The molecule has 0 radical (unpaired) electrons. The molecule has 0 aliphatic rings. The van der Waals surface area contributed by atoms with Gasteiger partial charge >= 0.3 is 0 Å². The summed E-state index contributed by atoms with van der Waals surface area (Å²) in [4.78, 5) is 14.5. The highest BCUT2D eigenvalue weighted by Gasteiger charge is 2.12. The fourth-order valence-electron chi connectivity index (χ4n) is 1.97. The summed E-state index contributed by atoms with van der Waals surface area (Å²) in [5, 5.41) is 10.7. The lowest BCUT2D eigenvalue weighted by Crippen LogP contribution is -2.27. The average Bonchev–Trinajstić information content (AvgIpc) is 2.34. The van der Waals surface area contributed by atoms with E-state index in [9.17, 15) is 10.1 Å². The van der Waals surface area contributed by atoms with E-state index in [4.69, 9.17) is 5.73 Å². The van der Waals surface area contributed by atoms with E-state index in [0.29, 0.717) is 5.69 Å². The van der Waals surface area contributed by atoms with Crippen molar-refractivity contribution in [2.75, 3.05) is 44.4 Å². The normalized spacial score (nSPS) is 10.7. The number of hydrogen-bond donors (Lipinski definition) is 1. The van der Waals surface area contributed by atoms with E-state index in [0.717, 1.165) is 31.7 Å². The molecule has 0 spiro atoms. The largest absolute Gasteiger partial charge is 0.397 e. The van der Waals surface area contributed by atoms with Crippen LogP contribution in [0.3, 0.4) is 0 Å². The zero-order valence-corrected chi connectivity index (χ0v) is 11.8. The van der Waals surface area contributed by atoms with Gasteiger partial charge in [0.1, 0.15) is 0 Å². The molecule has 0 saturated heterocycles. The van der Waals surface area contributed by atoms with Crippen LogP contribution in [0.15, 0.2) is 18.2 Å². The topological polar surface area (TPSA) is 75.6 Å². The number of nitrogens with zero attached hydrogens (tertiary/aromatic N) is 3. The Morgan fingerprint density at radius 1 is 1.32 bits per heavy atom. The highest BCUT2D eigenvalue weighted by atomic mass is 16.6. The number of nitro groups is 1. The highest BCUT2D eigenvalue weighted by Crippen LogP contribution is 2.27. The lowest BCUT2D eigenvalue weighted by molar-refractivity contribution is -0.384. The fourth-order valence-corrected chi connectivity index (χ4v) is 1.97. The van der Waals surface area contributed by atoms with Crippen LogP contribution in [0.5, 0.6) is 0 Å². The molecule has 1 rings (SSSR count). The maximum absolute atomic E-state index is 10.7. The zero-order valence-electron chi connectivity index (χ0n) is 11.8. The Bertz CT molecular complexity index is 435. The number of anilines is 2. The van der Waals surface area contributed by atoms with Gasteiger partial charge in [-0.05, 0) is 40.1 Å². The van der Waals surface area contributed by atoms with Crippen molar-refractivity contribution in [3.63, 3.8) is 0 Å². The van der Waals surface area contributed by atoms with Crippen LogP contribution in [-0.2, 0) is 0 Å². The van der Waals surface area contributed by atoms with E-state index in [1.807, 2.05) is 14.1 Å². The highest BCUT2D eigenvalue weighted by molar-refractivity contribution is 5.70. The van der Waals surface area contributed by atoms with Gasteiger partial charge in [0, 0.05) is 25.2 Å². The number of nitrogens with two attached hydrogens (primary N) is 1. The van der Waals surface area contributed by atoms with Gasteiger partial charge in [-0.3, -0.25) is 10.1 Å². The minimum atomic E-state index is -0.428. The second kappa shape index (κ2) is 6.94. The van der Waals surface area contributed by atoms with Gasteiger partial charge in [0.05, 0.1) is 16.3 Å². The second-order valence-electron chi connectivity index (χ2n) is 4.74. The molecule has 2 N–H and O–H groups in total. The molecule has 1 aromatic carbocycles. The Hall–Kier alpha value is -1.82. The number of rotatable bonds is 7. The van der Waals surface area contributed by atoms with Gasteiger partial charge in [-0.15, -0.1) is 0 Å². The monoisotopic (exact) mass is 266 g/mol. The molecule has 0 fully saturated rings. The van der Waals surface area contributed by atoms with Crippen LogP contribution in [-0.4, -0.2) is 43.6 Å². The molecule has 6 heteroatoms. The molecule has 0 aliphatic carbocycles. The van der Waals surface area contributed by atoms with E-state index >= 15 is 0 Å². The lowest BCUT2D eigenvalue weighted by Gasteiger charge is -2.25. The molecular formula is C13H22N4O2. The van der Waals surface area contributed by atoms with Gasteiger partial charge in [0.2, 0.25) is 0 Å². The first-order valence-electron chi connectivity index (χ1n) is 6.39. The quantitative estimate of drug-likeness (QED) is 0.464. The van der Waals surface area contributed by atoms with Crippen molar-refractivity contribution >= 4 is 17.1 Å². The van der Waals surface area contributed by atoms with Gasteiger partial charge in [-0.2, -0.15) is 0 Å². The summed E-state index contributed by atoms with van der Waals surface area (Å²) < 4.78 is 0. The van der Waals surface area contributed by atoms with Crippen LogP contribution in [0.4, 0.5) is 17.1 Å². The van der Waals surface area contributed by atoms with Crippen LogP contribution in [0.2, 0.25) is 0 Å². The summed E-state index contributed by atoms with van der Waals surface area (Å²) in [5.74, 6) is 0. The fraction of sp³-hybridized carbons (Fsp3) is 0.538. The Kier molecular flexibility index (Phi) is 5.57. The first kappa shape index (κ1) is 15.2. The van der Waals surface area contributed by atoms with E-state index in [2.05, 4.69) is 16.7 Å². The predicted molar refractivity (Wildman–Crippen MR) is 78.6 cm³/mol. The van der Waals surface area contributed by atoms with Crippen LogP contribution >= 0.6 is 0 Å². The standard InChI is InChI=1S/C13H22N4O2/c1-4-16(9-5-8-15(2)3)13-7-6-11(17(18)19)10-12(13)14/h6-7,10H,4-5,8-9,14H2,1-3H3. The maximum atomic E-state index is 10.7. The van der Waals surface area contributed by atoms with Crippen molar-refractivity contribution < 1.29 is 4.92 Å². The first-order chi connectivity index (χ1) is 8.95. The van der Waals surface area contributed by atoms with E-state index in [-0.39, 0.29) is 5.69 Å². The lowest BCUT2D eigenvalue weighted by atomic mass is 10.2. The molecule has 0 unspecified atom stereocenters. The van der Waals surface area contributed by atoms with E-state index in [1.165, 1.54) is 12.1 Å². The summed E-state index contributed by atoms with van der Waals surface area (Å²) in [6.07, 6.45) is 1.03. The minimum Gasteiger partial charge on any atom is -0.397 e. The van der Waals surface area contributed by atoms with Crippen LogP contribution in [0.25, 0.3) is 0 Å². The van der Waals surface area contributed by atoms with Gasteiger partial charge in [0.15, 0.2) is 0 Å². The van der Waals surface area contributed by atoms with E-state index < -0.39 is 4.92 Å². The molecular weight excluding hydrogens is 244 g/mol. The van der Waals surface area contributed by atoms with Crippen molar-refractivity contribution in [2.24, 2.45) is 0 Å². The third-order valence-electron chi connectivity index (χ3n) is 2.98. The molecule has 1 aromatic rings. The Morgan fingerprint density at radius 3 is 2.47 bits per heavy atom. The van der Waals surface area contributed by atoms with Crippen molar-refractivity contribution in [1.82, 2.24) is 4.90 Å². The number of nitrogen functional groups attached to an aromatic ring is 1.